The predicted octanol–water partition coefficient (Wildman–Crippen LogP) is 0.389. The first kappa shape index (κ1) is 9.04. The van der Waals surface area contributed by atoms with Crippen molar-refractivity contribution in [2.45, 2.75) is 6.32 Å². The van der Waals surface area contributed by atoms with Gasteiger partial charge in [0.05, 0.1) is 7.85 Å². The van der Waals surface area contributed by atoms with Crippen LogP contribution >= 0.6 is 0 Å². The summed E-state index contributed by atoms with van der Waals surface area (Å²) < 4.78 is 12.6. The predicted molar refractivity (Wildman–Crippen MR) is 46.7 cm³/mol. The largest absolute Gasteiger partial charge is 0.295 e. The molecule has 0 spiro atoms. The first-order valence-corrected chi connectivity index (χ1v) is 3.43. The van der Waals surface area contributed by atoms with Crippen LogP contribution in [0.3, 0.4) is 0 Å². The van der Waals surface area contributed by atoms with E-state index in [9.17, 15) is 9.18 Å². The van der Waals surface area contributed by atoms with E-state index in [0.29, 0.717) is 5.56 Å². The number of carbonyl (C=O) groups is 1. The van der Waals surface area contributed by atoms with Crippen LogP contribution in [0.15, 0.2) is 18.2 Å². The van der Waals surface area contributed by atoms with Gasteiger partial charge in [0.2, 0.25) is 0 Å². The molecule has 0 atom stereocenters. The van der Waals surface area contributed by atoms with Gasteiger partial charge in [0.25, 0.3) is 0 Å². The summed E-state index contributed by atoms with van der Waals surface area (Å²) in [6, 6.07) is 3.80. The molecule has 0 aliphatic heterocycles. The summed E-state index contributed by atoms with van der Waals surface area (Å²) >= 11 is 0. The molecule has 4 heteroatoms. The number of hydrogen-bond donors (Lipinski definition) is 0. The normalized spacial score (nSPS) is 9.75. The van der Waals surface area contributed by atoms with Gasteiger partial charge in [-0.3, -0.25) is 4.79 Å². The molecular weight excluding hydrogens is 153 g/mol. The zero-order valence-electron chi connectivity index (χ0n) is 6.38. The smallest absolute Gasteiger partial charge is 0.154 e. The summed E-state index contributed by atoms with van der Waals surface area (Å²) in [6.07, 6.45) is -0.0922. The maximum Gasteiger partial charge on any atom is 0.154 e. The third kappa shape index (κ3) is 1.76. The lowest BCUT2D eigenvalue weighted by atomic mass is 9.89. The van der Waals surface area contributed by atoms with Gasteiger partial charge in [-0.15, -0.1) is 0 Å². The molecule has 1 rings (SSSR count). The van der Waals surface area contributed by atoms with E-state index >= 15 is 0 Å². The van der Waals surface area contributed by atoms with Crippen LogP contribution in [0.5, 0.6) is 0 Å². The van der Waals surface area contributed by atoms with E-state index in [-0.39, 0.29) is 17.6 Å². The van der Waals surface area contributed by atoms with Crippen molar-refractivity contribution < 1.29 is 9.18 Å². The van der Waals surface area contributed by atoms with Crippen LogP contribution < -0.4 is 5.46 Å². The Morgan fingerprint density at radius 1 is 1.50 bits per heavy atom. The van der Waals surface area contributed by atoms with Crippen molar-refractivity contribution in [3.05, 3.63) is 29.6 Å². The number of rotatable bonds is 2. The molecule has 4 radical (unpaired) electrons. The van der Waals surface area contributed by atoms with E-state index in [1.54, 1.807) is 0 Å². The van der Waals surface area contributed by atoms with Gasteiger partial charge in [0.15, 0.2) is 5.78 Å². The molecule has 0 aromatic heterocycles. The maximum absolute atomic E-state index is 12.6. The molecular formula is C8H5B2FO. The van der Waals surface area contributed by atoms with Crippen molar-refractivity contribution in [3.8, 4) is 0 Å². The minimum atomic E-state index is -0.524. The Hall–Kier alpha value is -1.05. The van der Waals surface area contributed by atoms with Crippen LogP contribution in [0, 0.1) is 5.82 Å². The first-order valence-electron chi connectivity index (χ1n) is 3.43. The number of ketones is 1. The fraction of sp³-hybridized carbons (Fsp3) is 0.125. The molecule has 12 heavy (non-hydrogen) atoms. The van der Waals surface area contributed by atoms with E-state index in [2.05, 4.69) is 0 Å². The fourth-order valence-electron chi connectivity index (χ4n) is 0.835. The van der Waals surface area contributed by atoms with Crippen molar-refractivity contribution in [3.63, 3.8) is 0 Å². The molecule has 0 bridgehead atoms. The third-order valence-corrected chi connectivity index (χ3v) is 1.50. The minimum absolute atomic E-state index is 0.0331. The highest BCUT2D eigenvalue weighted by atomic mass is 19.1. The van der Waals surface area contributed by atoms with Crippen LogP contribution in [0.1, 0.15) is 10.4 Å². The fourth-order valence-corrected chi connectivity index (χ4v) is 0.835. The van der Waals surface area contributed by atoms with Crippen molar-refractivity contribution in [2.24, 2.45) is 0 Å². The Labute approximate surface area is 72.8 Å². The molecule has 0 amide bonds. The van der Waals surface area contributed by atoms with Crippen molar-refractivity contribution in [1.82, 2.24) is 0 Å². The molecule has 56 valence electrons. The monoisotopic (exact) mass is 158 g/mol. The summed E-state index contributed by atoms with van der Waals surface area (Å²) in [6.45, 7) is 0. The Morgan fingerprint density at radius 3 is 2.67 bits per heavy atom. The highest BCUT2D eigenvalue weighted by Crippen LogP contribution is 2.02. The SMILES string of the molecule is [B]CC(=O)c1ccc(F)c([B])c1. The molecule has 0 aliphatic carbocycles. The number of hydrogen-bond acceptors (Lipinski definition) is 1. The zero-order chi connectivity index (χ0) is 9.14. The van der Waals surface area contributed by atoms with Gasteiger partial charge in [0, 0.05) is 5.56 Å². The molecule has 0 fully saturated rings. The minimum Gasteiger partial charge on any atom is -0.295 e. The Balaban J connectivity index is 3.05. The lowest BCUT2D eigenvalue weighted by molar-refractivity contribution is 0.101. The quantitative estimate of drug-likeness (QED) is 0.449. The molecule has 0 unspecified atom stereocenters. The van der Waals surface area contributed by atoms with Crippen LogP contribution in [-0.2, 0) is 0 Å². The summed E-state index contributed by atoms with van der Waals surface area (Å²) in [4.78, 5) is 11.0. The van der Waals surface area contributed by atoms with E-state index in [0.717, 1.165) is 6.07 Å². The van der Waals surface area contributed by atoms with Crippen molar-refractivity contribution in [2.75, 3.05) is 0 Å². The average molecular weight is 158 g/mol. The Bertz CT molecular complexity index is 312. The average Bonchev–Trinajstić information content (AvgIpc) is 2.08. The lowest BCUT2D eigenvalue weighted by Gasteiger charge is -2.00. The Kier molecular flexibility index (Phi) is 2.69. The van der Waals surface area contributed by atoms with E-state index in [1.165, 1.54) is 12.1 Å². The molecule has 0 N–H and O–H groups in total. The number of halogens is 1. The Morgan fingerprint density at radius 2 is 2.17 bits per heavy atom. The molecule has 0 saturated carbocycles. The molecule has 0 saturated heterocycles. The van der Waals surface area contributed by atoms with Gasteiger partial charge >= 0.3 is 0 Å². The lowest BCUT2D eigenvalue weighted by Crippen LogP contribution is -2.11. The highest BCUT2D eigenvalue weighted by molar-refractivity contribution is 6.33. The van der Waals surface area contributed by atoms with Gasteiger partial charge < -0.3 is 0 Å². The van der Waals surface area contributed by atoms with E-state index < -0.39 is 5.82 Å². The van der Waals surface area contributed by atoms with E-state index in [4.69, 9.17) is 15.7 Å². The molecule has 0 heterocycles. The summed E-state index contributed by atoms with van der Waals surface area (Å²) in [5, 5.41) is 0. The molecule has 1 aromatic rings. The van der Waals surface area contributed by atoms with Gasteiger partial charge in [-0.25, -0.2) is 4.39 Å². The van der Waals surface area contributed by atoms with Gasteiger partial charge in [0.1, 0.15) is 13.7 Å². The highest BCUT2D eigenvalue weighted by Gasteiger charge is 2.04. The maximum atomic E-state index is 12.6. The second-order valence-electron chi connectivity index (χ2n) is 2.36. The standard InChI is InChI=1S/C8H5B2FO/c9-4-8(12)5-1-2-7(11)6(10)3-5/h1-3H,4H2. The van der Waals surface area contributed by atoms with E-state index in [1.807, 2.05) is 0 Å². The molecule has 1 aromatic carbocycles. The van der Waals surface area contributed by atoms with Crippen LogP contribution in [0.4, 0.5) is 4.39 Å². The van der Waals surface area contributed by atoms with Gasteiger partial charge in [-0.05, 0) is 18.5 Å². The summed E-state index contributed by atoms with van der Waals surface area (Å²) in [5.74, 6) is -0.773. The van der Waals surface area contributed by atoms with Crippen molar-refractivity contribution >= 4 is 26.9 Å². The number of carbonyl (C=O) groups excluding carboxylic acids is 1. The van der Waals surface area contributed by atoms with Crippen molar-refractivity contribution in [1.29, 1.82) is 0 Å². The van der Waals surface area contributed by atoms with Crippen LogP contribution in [0.25, 0.3) is 0 Å². The van der Waals surface area contributed by atoms with Crippen LogP contribution in [0.2, 0.25) is 6.32 Å². The number of Topliss-reactive ketones (excluding diaryl/α,β-unsaturated/α-hetero) is 1. The topological polar surface area (TPSA) is 17.1 Å². The molecule has 1 nitrogen and oxygen atoms in total. The summed E-state index contributed by atoms with van der Waals surface area (Å²) in [7, 11) is 10.4. The first-order chi connectivity index (χ1) is 5.65. The van der Waals surface area contributed by atoms with Gasteiger partial charge in [-0.2, -0.15) is 0 Å². The van der Waals surface area contributed by atoms with Crippen LogP contribution in [-0.4, -0.2) is 21.5 Å². The zero-order valence-corrected chi connectivity index (χ0v) is 6.38. The number of benzene rings is 1. The van der Waals surface area contributed by atoms with Gasteiger partial charge in [-0.1, -0.05) is 11.5 Å². The third-order valence-electron chi connectivity index (χ3n) is 1.50. The molecule has 0 aliphatic rings. The second-order valence-corrected chi connectivity index (χ2v) is 2.36. The second kappa shape index (κ2) is 3.57. The summed E-state index contributed by atoms with van der Waals surface area (Å²) in [5.41, 5.74) is 0.311.